The minimum absolute atomic E-state index is 0.0195. The summed E-state index contributed by atoms with van der Waals surface area (Å²) in [6.45, 7) is 6.15. The minimum atomic E-state index is -0.248. The number of benzene rings is 1. The highest BCUT2D eigenvalue weighted by molar-refractivity contribution is 9.10. The quantitative estimate of drug-likeness (QED) is 0.854. The predicted octanol–water partition coefficient (Wildman–Crippen LogP) is 2.01. The fourth-order valence-corrected chi connectivity index (χ4v) is 3.88. The fourth-order valence-electron chi connectivity index (χ4n) is 3.38. The summed E-state index contributed by atoms with van der Waals surface area (Å²) in [7, 11) is 0. The third-order valence-corrected chi connectivity index (χ3v) is 5.61. The Balaban J connectivity index is 1.75. The first kappa shape index (κ1) is 16.5. The molecule has 0 saturated carbocycles. The number of nitrogens with one attached hydrogen (secondary N) is 1. The van der Waals surface area contributed by atoms with Crippen LogP contribution in [0, 0.1) is 5.92 Å². The van der Waals surface area contributed by atoms with Gasteiger partial charge in [-0.1, -0.05) is 12.1 Å². The van der Waals surface area contributed by atoms with E-state index in [0.29, 0.717) is 19.5 Å². The van der Waals surface area contributed by atoms with E-state index in [4.69, 9.17) is 0 Å². The van der Waals surface area contributed by atoms with Crippen LogP contribution >= 0.6 is 15.9 Å². The average molecular weight is 380 g/mol. The Labute approximate surface area is 145 Å². The van der Waals surface area contributed by atoms with Gasteiger partial charge in [-0.25, -0.2) is 0 Å². The highest BCUT2D eigenvalue weighted by Gasteiger charge is 2.40. The summed E-state index contributed by atoms with van der Waals surface area (Å²) < 4.78 is 0.880. The second-order valence-corrected chi connectivity index (χ2v) is 7.23. The van der Waals surface area contributed by atoms with E-state index in [-0.39, 0.29) is 29.8 Å². The van der Waals surface area contributed by atoms with Crippen LogP contribution < -0.4 is 10.2 Å². The number of anilines is 1. The van der Waals surface area contributed by atoms with Gasteiger partial charge in [-0.2, -0.15) is 0 Å². The molecule has 2 heterocycles. The van der Waals surface area contributed by atoms with E-state index >= 15 is 0 Å². The molecule has 2 aliphatic heterocycles. The molecule has 1 aromatic rings. The number of piperazine rings is 1. The molecule has 3 rings (SSSR count). The van der Waals surface area contributed by atoms with Gasteiger partial charge in [-0.3, -0.25) is 9.59 Å². The zero-order valence-corrected chi connectivity index (χ0v) is 15.0. The van der Waals surface area contributed by atoms with E-state index in [1.165, 1.54) is 0 Å². The first-order valence-corrected chi connectivity index (χ1v) is 8.87. The van der Waals surface area contributed by atoms with Crippen LogP contribution in [-0.2, 0) is 9.59 Å². The summed E-state index contributed by atoms with van der Waals surface area (Å²) in [6, 6.07) is 8.08. The van der Waals surface area contributed by atoms with Crippen LogP contribution in [-0.4, -0.2) is 48.4 Å². The topological polar surface area (TPSA) is 52.7 Å². The second kappa shape index (κ2) is 6.61. The number of para-hydroxylation sites is 1. The Morgan fingerprint density at radius 3 is 2.78 bits per heavy atom. The standard InChI is InChI=1S/C17H22BrN3O2/c1-11-12(2)20(8-7-19-11)17(23)13-9-16(22)21(10-13)15-6-4-3-5-14(15)18/h3-6,11-13,19H,7-10H2,1-2H3. The highest BCUT2D eigenvalue weighted by atomic mass is 79.9. The van der Waals surface area contributed by atoms with Gasteiger partial charge >= 0.3 is 0 Å². The van der Waals surface area contributed by atoms with Crippen molar-refractivity contribution in [3.8, 4) is 0 Å². The number of nitrogens with zero attached hydrogens (tertiary/aromatic N) is 2. The van der Waals surface area contributed by atoms with Gasteiger partial charge in [0.05, 0.1) is 11.6 Å². The summed E-state index contributed by atoms with van der Waals surface area (Å²) in [5.41, 5.74) is 0.842. The average Bonchev–Trinajstić information content (AvgIpc) is 2.92. The molecule has 2 fully saturated rings. The molecular weight excluding hydrogens is 358 g/mol. The largest absolute Gasteiger partial charge is 0.337 e. The number of rotatable bonds is 2. The van der Waals surface area contributed by atoms with Gasteiger partial charge in [-0.15, -0.1) is 0 Å². The Morgan fingerprint density at radius 2 is 2.04 bits per heavy atom. The lowest BCUT2D eigenvalue weighted by Crippen LogP contribution is -2.58. The molecule has 0 aliphatic carbocycles. The Hall–Kier alpha value is -1.40. The van der Waals surface area contributed by atoms with E-state index in [1.807, 2.05) is 29.2 Å². The minimum Gasteiger partial charge on any atom is -0.337 e. The van der Waals surface area contributed by atoms with Crippen molar-refractivity contribution in [2.75, 3.05) is 24.5 Å². The van der Waals surface area contributed by atoms with E-state index in [0.717, 1.165) is 16.7 Å². The zero-order valence-electron chi connectivity index (χ0n) is 13.5. The molecule has 23 heavy (non-hydrogen) atoms. The Kier molecular flexibility index (Phi) is 4.73. The van der Waals surface area contributed by atoms with Gasteiger partial charge in [0.1, 0.15) is 0 Å². The van der Waals surface area contributed by atoms with E-state index < -0.39 is 0 Å². The van der Waals surface area contributed by atoms with Crippen molar-refractivity contribution in [3.63, 3.8) is 0 Å². The summed E-state index contributed by atoms with van der Waals surface area (Å²) in [4.78, 5) is 28.9. The van der Waals surface area contributed by atoms with Gasteiger partial charge in [0.2, 0.25) is 11.8 Å². The molecule has 6 heteroatoms. The van der Waals surface area contributed by atoms with Crippen molar-refractivity contribution in [2.24, 2.45) is 5.92 Å². The lowest BCUT2D eigenvalue weighted by atomic mass is 10.0. The van der Waals surface area contributed by atoms with Crippen molar-refractivity contribution in [1.82, 2.24) is 10.2 Å². The van der Waals surface area contributed by atoms with Crippen LogP contribution in [0.5, 0.6) is 0 Å². The van der Waals surface area contributed by atoms with E-state index in [2.05, 4.69) is 35.1 Å². The number of hydrogen-bond donors (Lipinski definition) is 1. The van der Waals surface area contributed by atoms with Crippen LogP contribution in [0.15, 0.2) is 28.7 Å². The molecule has 2 saturated heterocycles. The molecule has 1 aromatic carbocycles. The van der Waals surface area contributed by atoms with Gasteiger partial charge in [0.25, 0.3) is 0 Å². The summed E-state index contributed by atoms with van der Waals surface area (Å²) in [5.74, 6) is -0.123. The lowest BCUT2D eigenvalue weighted by Gasteiger charge is -2.39. The first-order valence-electron chi connectivity index (χ1n) is 8.08. The zero-order chi connectivity index (χ0) is 16.6. The van der Waals surface area contributed by atoms with Gasteiger partial charge in [-0.05, 0) is 41.9 Å². The molecule has 124 valence electrons. The number of hydrogen-bond acceptors (Lipinski definition) is 3. The predicted molar refractivity (Wildman–Crippen MR) is 93.2 cm³/mol. The number of amides is 2. The van der Waals surface area contributed by atoms with Crippen molar-refractivity contribution in [1.29, 1.82) is 0 Å². The second-order valence-electron chi connectivity index (χ2n) is 6.37. The molecule has 0 bridgehead atoms. The van der Waals surface area contributed by atoms with Crippen LogP contribution in [0.25, 0.3) is 0 Å². The molecular formula is C17H22BrN3O2. The van der Waals surface area contributed by atoms with Crippen LogP contribution in [0.1, 0.15) is 20.3 Å². The molecule has 0 radical (unpaired) electrons. The molecule has 3 atom stereocenters. The van der Waals surface area contributed by atoms with E-state index in [1.54, 1.807) is 4.90 Å². The van der Waals surface area contributed by atoms with E-state index in [9.17, 15) is 9.59 Å². The number of carbonyl (C=O) groups excluding carboxylic acids is 2. The van der Waals surface area contributed by atoms with Crippen molar-refractivity contribution in [2.45, 2.75) is 32.4 Å². The molecule has 0 aromatic heterocycles. The van der Waals surface area contributed by atoms with Crippen molar-refractivity contribution >= 4 is 33.4 Å². The lowest BCUT2D eigenvalue weighted by molar-refractivity contribution is -0.139. The smallest absolute Gasteiger partial charge is 0.228 e. The Morgan fingerprint density at radius 1 is 1.30 bits per heavy atom. The van der Waals surface area contributed by atoms with Crippen molar-refractivity contribution in [3.05, 3.63) is 28.7 Å². The van der Waals surface area contributed by atoms with Gasteiger partial charge in [0, 0.05) is 42.6 Å². The molecule has 3 unspecified atom stereocenters. The van der Waals surface area contributed by atoms with Crippen LogP contribution in [0.2, 0.25) is 0 Å². The first-order chi connectivity index (χ1) is 11.0. The summed E-state index contributed by atoms with van der Waals surface area (Å²) >= 11 is 3.49. The van der Waals surface area contributed by atoms with Crippen LogP contribution in [0.4, 0.5) is 5.69 Å². The molecule has 1 N–H and O–H groups in total. The maximum atomic E-state index is 12.9. The maximum absolute atomic E-state index is 12.9. The normalized spacial score (nSPS) is 28.3. The molecule has 0 spiro atoms. The molecule has 5 nitrogen and oxygen atoms in total. The Bertz CT molecular complexity index is 622. The van der Waals surface area contributed by atoms with Crippen molar-refractivity contribution < 1.29 is 9.59 Å². The van der Waals surface area contributed by atoms with Gasteiger partial charge in [0.15, 0.2) is 0 Å². The number of carbonyl (C=O) groups is 2. The fraction of sp³-hybridized carbons (Fsp3) is 0.529. The SMILES string of the molecule is CC1NCCN(C(=O)C2CC(=O)N(c3ccccc3Br)C2)C1C. The summed E-state index contributed by atoms with van der Waals surface area (Å²) in [6.07, 6.45) is 0.297. The molecule has 2 aliphatic rings. The highest BCUT2D eigenvalue weighted by Crippen LogP contribution is 2.32. The third-order valence-electron chi connectivity index (χ3n) is 4.93. The maximum Gasteiger partial charge on any atom is 0.228 e. The van der Waals surface area contributed by atoms with Gasteiger partial charge < -0.3 is 15.1 Å². The molecule has 2 amide bonds. The summed E-state index contributed by atoms with van der Waals surface area (Å²) in [5, 5.41) is 3.38. The monoisotopic (exact) mass is 379 g/mol. The third kappa shape index (κ3) is 3.15. The van der Waals surface area contributed by atoms with Crippen LogP contribution in [0.3, 0.4) is 0 Å². The number of halogens is 1.